The maximum Gasteiger partial charge on any atom is 0.230 e. The Morgan fingerprint density at radius 1 is 1.44 bits per heavy atom. The highest BCUT2D eigenvalue weighted by atomic mass is 32.2. The zero-order chi connectivity index (χ0) is 12.3. The van der Waals surface area contributed by atoms with E-state index in [0.29, 0.717) is 12.8 Å². The van der Waals surface area contributed by atoms with Crippen LogP contribution < -0.4 is 0 Å². The molecule has 3 atom stereocenters. The molecule has 0 bridgehead atoms. The van der Waals surface area contributed by atoms with E-state index in [9.17, 15) is 13.5 Å². The van der Waals surface area contributed by atoms with Crippen LogP contribution in [0.4, 0.5) is 0 Å². The third-order valence-electron chi connectivity index (χ3n) is 3.19. The van der Waals surface area contributed by atoms with Gasteiger partial charge in [0.1, 0.15) is 0 Å². The fourth-order valence-electron chi connectivity index (χ4n) is 2.02. The molecular weight excluding hydrogens is 228 g/mol. The highest BCUT2D eigenvalue weighted by molar-refractivity contribution is 7.89. The van der Waals surface area contributed by atoms with E-state index in [4.69, 9.17) is 5.26 Å². The van der Waals surface area contributed by atoms with E-state index in [0.717, 1.165) is 12.8 Å². The van der Waals surface area contributed by atoms with Crippen molar-refractivity contribution in [3.05, 3.63) is 0 Å². The topological polar surface area (TPSA) is 81.4 Å². The first kappa shape index (κ1) is 13.4. The van der Waals surface area contributed by atoms with Crippen molar-refractivity contribution in [2.24, 2.45) is 0 Å². The Kier molecular flexibility index (Phi) is 4.30. The zero-order valence-corrected chi connectivity index (χ0v) is 10.4. The fourth-order valence-corrected chi connectivity index (χ4v) is 3.28. The standard InChI is InChI=1S/C10H18N2O3S/c1-8(7-11)16(14,15)12(2)9-5-3-4-6-10(9)13/h8-10,13H,3-6H2,1-2H3. The number of aliphatic hydroxyl groups is 1. The van der Waals surface area contributed by atoms with Crippen molar-refractivity contribution in [2.75, 3.05) is 7.05 Å². The third-order valence-corrected chi connectivity index (χ3v) is 5.26. The van der Waals surface area contributed by atoms with Crippen molar-refractivity contribution in [2.45, 2.75) is 50.0 Å². The number of rotatable bonds is 3. The summed E-state index contributed by atoms with van der Waals surface area (Å²) < 4.78 is 25.0. The van der Waals surface area contributed by atoms with E-state index >= 15 is 0 Å². The SMILES string of the molecule is CC(C#N)S(=O)(=O)N(C)C1CCCCC1O. The molecule has 0 aromatic heterocycles. The predicted molar refractivity (Wildman–Crippen MR) is 60.0 cm³/mol. The quantitative estimate of drug-likeness (QED) is 0.784. The first-order valence-electron chi connectivity index (χ1n) is 5.45. The van der Waals surface area contributed by atoms with Crippen LogP contribution in [-0.2, 0) is 10.0 Å². The lowest BCUT2D eigenvalue weighted by Crippen LogP contribution is -2.48. The summed E-state index contributed by atoms with van der Waals surface area (Å²) in [6.45, 7) is 1.36. The van der Waals surface area contributed by atoms with Gasteiger partial charge in [-0.15, -0.1) is 0 Å². The van der Waals surface area contributed by atoms with E-state index in [1.54, 1.807) is 6.07 Å². The lowest BCUT2D eigenvalue weighted by molar-refractivity contribution is 0.0636. The molecule has 0 heterocycles. The van der Waals surface area contributed by atoms with Crippen molar-refractivity contribution < 1.29 is 13.5 Å². The molecule has 92 valence electrons. The average Bonchev–Trinajstić information content (AvgIpc) is 2.27. The molecule has 1 aliphatic carbocycles. The van der Waals surface area contributed by atoms with Crippen molar-refractivity contribution in [1.82, 2.24) is 4.31 Å². The van der Waals surface area contributed by atoms with Crippen LogP contribution >= 0.6 is 0 Å². The molecule has 0 aromatic rings. The normalized spacial score (nSPS) is 28.7. The van der Waals surface area contributed by atoms with Crippen molar-refractivity contribution in [1.29, 1.82) is 5.26 Å². The predicted octanol–water partition coefficient (Wildman–Crippen LogP) is 0.464. The minimum atomic E-state index is -3.61. The molecule has 0 amide bonds. The fraction of sp³-hybridized carbons (Fsp3) is 0.900. The summed E-state index contributed by atoms with van der Waals surface area (Å²) in [6, 6.07) is 1.35. The molecule has 5 nitrogen and oxygen atoms in total. The Morgan fingerprint density at radius 2 is 2.00 bits per heavy atom. The Morgan fingerprint density at radius 3 is 2.50 bits per heavy atom. The van der Waals surface area contributed by atoms with Crippen molar-refractivity contribution >= 4 is 10.0 Å². The summed E-state index contributed by atoms with van der Waals surface area (Å²) >= 11 is 0. The number of likely N-dealkylation sites (N-methyl/N-ethyl adjacent to an activating group) is 1. The summed E-state index contributed by atoms with van der Waals surface area (Å²) in [7, 11) is -2.16. The van der Waals surface area contributed by atoms with E-state index < -0.39 is 21.4 Å². The summed E-state index contributed by atoms with van der Waals surface area (Å²) in [6.07, 6.45) is 2.53. The highest BCUT2D eigenvalue weighted by Gasteiger charge is 2.36. The smallest absolute Gasteiger partial charge is 0.230 e. The van der Waals surface area contributed by atoms with Gasteiger partial charge in [-0.05, 0) is 19.8 Å². The molecule has 3 unspecified atom stereocenters. The lowest BCUT2D eigenvalue weighted by atomic mass is 9.93. The lowest BCUT2D eigenvalue weighted by Gasteiger charge is -2.34. The Bertz CT molecular complexity index is 374. The average molecular weight is 246 g/mol. The molecule has 1 saturated carbocycles. The summed E-state index contributed by atoms with van der Waals surface area (Å²) in [4.78, 5) is 0. The maximum atomic E-state index is 11.9. The van der Waals surface area contributed by atoms with Crippen LogP contribution in [0, 0.1) is 11.3 Å². The van der Waals surface area contributed by atoms with Crippen LogP contribution in [0.25, 0.3) is 0 Å². The van der Waals surface area contributed by atoms with E-state index in [1.165, 1.54) is 18.3 Å². The molecule has 16 heavy (non-hydrogen) atoms. The van der Waals surface area contributed by atoms with Crippen LogP contribution in [-0.4, -0.2) is 42.3 Å². The number of hydrogen-bond donors (Lipinski definition) is 1. The van der Waals surface area contributed by atoms with Gasteiger partial charge in [0.25, 0.3) is 0 Å². The van der Waals surface area contributed by atoms with Gasteiger partial charge in [0, 0.05) is 7.05 Å². The Labute approximate surface area is 96.7 Å². The number of nitrogens with zero attached hydrogens (tertiary/aromatic N) is 2. The van der Waals surface area contributed by atoms with Gasteiger partial charge in [0.2, 0.25) is 10.0 Å². The van der Waals surface area contributed by atoms with Crippen LogP contribution in [0.2, 0.25) is 0 Å². The molecule has 0 aliphatic heterocycles. The van der Waals surface area contributed by atoms with Gasteiger partial charge in [0.15, 0.2) is 5.25 Å². The number of aliphatic hydroxyl groups excluding tert-OH is 1. The van der Waals surface area contributed by atoms with E-state index in [1.807, 2.05) is 0 Å². The van der Waals surface area contributed by atoms with Gasteiger partial charge in [-0.3, -0.25) is 0 Å². The zero-order valence-electron chi connectivity index (χ0n) is 9.63. The van der Waals surface area contributed by atoms with Crippen molar-refractivity contribution in [3.63, 3.8) is 0 Å². The molecule has 1 aliphatic rings. The number of hydrogen-bond acceptors (Lipinski definition) is 4. The summed E-state index contributed by atoms with van der Waals surface area (Å²) in [5, 5.41) is 17.4. The van der Waals surface area contributed by atoms with E-state index in [-0.39, 0.29) is 6.04 Å². The van der Waals surface area contributed by atoms with Gasteiger partial charge in [0.05, 0.1) is 18.2 Å². The molecule has 0 aromatic carbocycles. The monoisotopic (exact) mass is 246 g/mol. The van der Waals surface area contributed by atoms with Crippen LogP contribution in [0.1, 0.15) is 32.6 Å². The van der Waals surface area contributed by atoms with Crippen LogP contribution in [0.15, 0.2) is 0 Å². The molecule has 0 saturated heterocycles. The first-order chi connectivity index (χ1) is 7.41. The largest absolute Gasteiger partial charge is 0.391 e. The van der Waals surface area contributed by atoms with Gasteiger partial charge in [-0.2, -0.15) is 9.57 Å². The second kappa shape index (κ2) is 5.13. The second-order valence-electron chi connectivity index (χ2n) is 4.25. The Balaban J connectivity index is 2.85. The van der Waals surface area contributed by atoms with E-state index in [2.05, 4.69) is 0 Å². The van der Waals surface area contributed by atoms with Gasteiger partial charge >= 0.3 is 0 Å². The second-order valence-corrected chi connectivity index (χ2v) is 6.56. The van der Waals surface area contributed by atoms with Crippen molar-refractivity contribution in [3.8, 4) is 6.07 Å². The molecule has 1 N–H and O–H groups in total. The van der Waals surface area contributed by atoms with Gasteiger partial charge in [-0.25, -0.2) is 8.42 Å². The third kappa shape index (κ3) is 2.54. The Hall–Kier alpha value is -0.640. The molecule has 0 radical (unpaired) electrons. The minimum Gasteiger partial charge on any atom is -0.391 e. The van der Waals surface area contributed by atoms with Gasteiger partial charge in [-0.1, -0.05) is 12.8 Å². The summed E-state index contributed by atoms with van der Waals surface area (Å²) in [5.74, 6) is 0. The van der Waals surface area contributed by atoms with Crippen LogP contribution in [0.5, 0.6) is 0 Å². The number of nitriles is 1. The first-order valence-corrected chi connectivity index (χ1v) is 6.96. The molecule has 6 heteroatoms. The maximum absolute atomic E-state index is 11.9. The molecule has 1 fully saturated rings. The van der Waals surface area contributed by atoms with Crippen LogP contribution in [0.3, 0.4) is 0 Å². The highest BCUT2D eigenvalue weighted by Crippen LogP contribution is 2.25. The molecule has 1 rings (SSSR count). The molecular formula is C10H18N2O3S. The minimum absolute atomic E-state index is 0.380. The number of sulfonamides is 1. The van der Waals surface area contributed by atoms with Gasteiger partial charge < -0.3 is 5.11 Å². The molecule has 0 spiro atoms. The summed E-state index contributed by atoms with van der Waals surface area (Å²) in [5.41, 5.74) is 0.